The van der Waals surface area contributed by atoms with Crippen molar-refractivity contribution in [1.82, 2.24) is 0 Å². The van der Waals surface area contributed by atoms with Gasteiger partial charge in [0, 0.05) is 0 Å². The molecule has 1 aromatic rings. The van der Waals surface area contributed by atoms with Crippen LogP contribution in [-0.2, 0) is 19.0 Å². The Balaban J connectivity index is 1.82. The second-order valence-corrected chi connectivity index (χ2v) is 5.27. The molecule has 1 aliphatic carbocycles. The summed E-state index contributed by atoms with van der Waals surface area (Å²) >= 11 is 0. The van der Waals surface area contributed by atoms with Crippen LogP contribution in [0.25, 0.3) is 0 Å². The lowest BCUT2D eigenvalue weighted by molar-refractivity contribution is 0.0899. The van der Waals surface area contributed by atoms with Gasteiger partial charge in [-0.1, -0.05) is 18.2 Å². The van der Waals surface area contributed by atoms with Gasteiger partial charge >= 0.3 is 0 Å². The summed E-state index contributed by atoms with van der Waals surface area (Å²) in [5, 5.41) is 0. The van der Waals surface area contributed by atoms with Crippen LogP contribution in [0.5, 0.6) is 0 Å². The Bertz CT molecular complexity index is 423. The minimum Gasteiger partial charge on any atom is -0.376 e. The molecule has 0 atom stereocenters. The summed E-state index contributed by atoms with van der Waals surface area (Å²) in [6.07, 6.45) is 2.47. The average Bonchev–Trinajstić information content (AvgIpc) is 3.10. The molecule has 1 aromatic carbocycles. The standard InChI is InChI=1S/C11H14O4S/c12-16(13,11-4-2-1-3-5-11)15-9-8-14-10-6-7-10/h1-5,10H,6-9H2. The Morgan fingerprint density at radius 3 is 2.44 bits per heavy atom. The molecule has 4 nitrogen and oxygen atoms in total. The van der Waals surface area contributed by atoms with Crippen molar-refractivity contribution in [1.29, 1.82) is 0 Å². The summed E-state index contributed by atoms with van der Waals surface area (Å²) in [5.41, 5.74) is 0. The van der Waals surface area contributed by atoms with Crippen LogP contribution in [-0.4, -0.2) is 27.7 Å². The van der Waals surface area contributed by atoms with Crippen LogP contribution in [0.4, 0.5) is 0 Å². The fourth-order valence-corrected chi connectivity index (χ4v) is 2.16. The van der Waals surface area contributed by atoms with Crippen LogP contribution < -0.4 is 0 Å². The Kier molecular flexibility index (Phi) is 3.58. The first kappa shape index (κ1) is 11.6. The van der Waals surface area contributed by atoms with Gasteiger partial charge in [0.2, 0.25) is 0 Å². The van der Waals surface area contributed by atoms with Crippen molar-refractivity contribution in [3.63, 3.8) is 0 Å². The van der Waals surface area contributed by atoms with Gasteiger partial charge < -0.3 is 4.74 Å². The summed E-state index contributed by atoms with van der Waals surface area (Å²) in [6.45, 7) is 0.407. The van der Waals surface area contributed by atoms with Crippen LogP contribution >= 0.6 is 0 Å². The first-order chi connectivity index (χ1) is 7.68. The molecule has 1 fully saturated rings. The SMILES string of the molecule is O=S(=O)(OCCOC1CC1)c1ccccc1. The molecule has 0 heterocycles. The van der Waals surface area contributed by atoms with E-state index in [9.17, 15) is 8.42 Å². The summed E-state index contributed by atoms with van der Waals surface area (Å²) in [6, 6.07) is 8.11. The minimum atomic E-state index is -3.62. The van der Waals surface area contributed by atoms with Gasteiger partial charge in [-0.2, -0.15) is 8.42 Å². The first-order valence-electron chi connectivity index (χ1n) is 5.24. The van der Waals surface area contributed by atoms with E-state index in [1.54, 1.807) is 18.2 Å². The molecule has 5 heteroatoms. The smallest absolute Gasteiger partial charge is 0.297 e. The monoisotopic (exact) mass is 242 g/mol. The maximum atomic E-state index is 11.6. The Morgan fingerprint density at radius 2 is 1.81 bits per heavy atom. The zero-order valence-corrected chi connectivity index (χ0v) is 9.65. The molecule has 0 N–H and O–H groups in total. The van der Waals surface area contributed by atoms with Crippen molar-refractivity contribution in [3.8, 4) is 0 Å². The second kappa shape index (κ2) is 4.95. The van der Waals surface area contributed by atoms with E-state index < -0.39 is 10.1 Å². The van der Waals surface area contributed by atoms with Gasteiger partial charge in [-0.05, 0) is 25.0 Å². The van der Waals surface area contributed by atoms with Crippen molar-refractivity contribution in [3.05, 3.63) is 30.3 Å². The molecule has 0 saturated heterocycles. The van der Waals surface area contributed by atoms with E-state index in [0.717, 1.165) is 12.8 Å². The molecule has 0 aliphatic heterocycles. The molecular weight excluding hydrogens is 228 g/mol. The third kappa shape index (κ3) is 3.30. The molecule has 0 unspecified atom stereocenters. The number of ether oxygens (including phenoxy) is 1. The molecule has 1 saturated carbocycles. The molecule has 16 heavy (non-hydrogen) atoms. The Morgan fingerprint density at radius 1 is 1.12 bits per heavy atom. The molecule has 0 spiro atoms. The topological polar surface area (TPSA) is 52.6 Å². The van der Waals surface area contributed by atoms with E-state index >= 15 is 0 Å². The van der Waals surface area contributed by atoms with Gasteiger partial charge in [-0.25, -0.2) is 0 Å². The molecule has 0 radical (unpaired) electrons. The quantitative estimate of drug-likeness (QED) is 0.561. The van der Waals surface area contributed by atoms with Gasteiger partial charge in [-0.15, -0.1) is 0 Å². The number of rotatable bonds is 6. The predicted molar refractivity (Wildman–Crippen MR) is 58.6 cm³/mol. The zero-order valence-electron chi connectivity index (χ0n) is 8.83. The van der Waals surface area contributed by atoms with Gasteiger partial charge in [0.05, 0.1) is 24.2 Å². The van der Waals surface area contributed by atoms with E-state index in [4.69, 9.17) is 8.92 Å². The predicted octanol–water partition coefficient (Wildman–Crippen LogP) is 1.57. The molecule has 1 aliphatic rings. The van der Waals surface area contributed by atoms with Crippen LogP contribution in [0.3, 0.4) is 0 Å². The third-order valence-corrected chi connectivity index (χ3v) is 3.56. The van der Waals surface area contributed by atoms with E-state index in [1.165, 1.54) is 12.1 Å². The highest BCUT2D eigenvalue weighted by atomic mass is 32.2. The van der Waals surface area contributed by atoms with Crippen molar-refractivity contribution in [2.75, 3.05) is 13.2 Å². The second-order valence-electron chi connectivity index (χ2n) is 3.66. The zero-order chi connectivity index (χ0) is 11.4. The molecule has 0 bridgehead atoms. The third-order valence-electron chi connectivity index (χ3n) is 2.23. The lowest BCUT2D eigenvalue weighted by Gasteiger charge is -2.05. The summed E-state index contributed by atoms with van der Waals surface area (Å²) < 4.78 is 33.4. The normalized spacial score (nSPS) is 16.2. The molecule has 0 aromatic heterocycles. The van der Waals surface area contributed by atoms with E-state index in [2.05, 4.69) is 0 Å². The maximum Gasteiger partial charge on any atom is 0.297 e. The van der Waals surface area contributed by atoms with E-state index in [1.807, 2.05) is 0 Å². The highest BCUT2D eigenvalue weighted by Gasteiger charge is 2.22. The first-order valence-corrected chi connectivity index (χ1v) is 6.65. The van der Waals surface area contributed by atoms with Crippen molar-refractivity contribution < 1.29 is 17.3 Å². The lowest BCUT2D eigenvalue weighted by atomic mass is 10.4. The largest absolute Gasteiger partial charge is 0.376 e. The van der Waals surface area contributed by atoms with Crippen LogP contribution in [0.2, 0.25) is 0 Å². The molecule has 0 amide bonds. The van der Waals surface area contributed by atoms with E-state index in [-0.39, 0.29) is 11.5 Å². The summed E-state index contributed by atoms with van der Waals surface area (Å²) in [4.78, 5) is 0.182. The van der Waals surface area contributed by atoms with Crippen molar-refractivity contribution in [2.24, 2.45) is 0 Å². The van der Waals surface area contributed by atoms with Crippen molar-refractivity contribution in [2.45, 2.75) is 23.8 Å². The highest BCUT2D eigenvalue weighted by Crippen LogP contribution is 2.23. The number of hydrogen-bond donors (Lipinski definition) is 0. The number of hydrogen-bond acceptors (Lipinski definition) is 4. The van der Waals surface area contributed by atoms with Gasteiger partial charge in [0.1, 0.15) is 0 Å². The summed E-state index contributed by atoms with van der Waals surface area (Å²) in [7, 11) is -3.62. The van der Waals surface area contributed by atoms with Crippen LogP contribution in [0, 0.1) is 0 Å². The van der Waals surface area contributed by atoms with Gasteiger partial charge in [-0.3, -0.25) is 4.18 Å². The van der Waals surface area contributed by atoms with Crippen molar-refractivity contribution >= 4 is 10.1 Å². The Labute approximate surface area is 95.3 Å². The van der Waals surface area contributed by atoms with E-state index in [0.29, 0.717) is 12.7 Å². The lowest BCUT2D eigenvalue weighted by Crippen LogP contribution is -2.12. The summed E-state index contributed by atoms with van der Waals surface area (Å²) in [5.74, 6) is 0. The fourth-order valence-electron chi connectivity index (χ4n) is 1.25. The maximum absolute atomic E-state index is 11.6. The van der Waals surface area contributed by atoms with Gasteiger partial charge in [0.25, 0.3) is 10.1 Å². The molecule has 2 rings (SSSR count). The molecule has 88 valence electrons. The average molecular weight is 242 g/mol. The highest BCUT2D eigenvalue weighted by molar-refractivity contribution is 7.86. The molecular formula is C11H14O4S. The fraction of sp³-hybridized carbons (Fsp3) is 0.455. The van der Waals surface area contributed by atoms with Crippen LogP contribution in [0.1, 0.15) is 12.8 Å². The minimum absolute atomic E-state index is 0.0771. The Hall–Kier alpha value is -0.910. The van der Waals surface area contributed by atoms with Gasteiger partial charge in [0.15, 0.2) is 0 Å². The van der Waals surface area contributed by atoms with Crippen LogP contribution in [0.15, 0.2) is 35.2 Å². The number of benzene rings is 1.